The number of nitrogens with two attached hydrogens (primary N) is 1. The number of carbonyl (C=O) groups excluding carboxylic acids is 1. The number of benzene rings is 2. The molecule has 1 aliphatic rings. The topological polar surface area (TPSA) is 55.6 Å². The minimum absolute atomic E-state index is 0. The quantitative estimate of drug-likeness (QED) is 0.864. The van der Waals surface area contributed by atoms with E-state index in [1.165, 1.54) is 18.2 Å². The Kier molecular flexibility index (Phi) is 6.15. The average molecular weight is 387 g/mol. The molecule has 0 spiro atoms. The fourth-order valence-corrected chi connectivity index (χ4v) is 2.72. The summed E-state index contributed by atoms with van der Waals surface area (Å²) < 4.78 is 43.8. The molecule has 1 aliphatic heterocycles. The molecule has 2 aromatic rings. The lowest BCUT2D eigenvalue weighted by Crippen LogP contribution is -2.31. The van der Waals surface area contributed by atoms with Crippen LogP contribution in [0.25, 0.3) is 0 Å². The first kappa shape index (κ1) is 20.1. The molecule has 0 unspecified atom stereocenters. The second-order valence-electron chi connectivity index (χ2n) is 5.96. The number of rotatable bonds is 3. The molecule has 1 saturated heterocycles. The summed E-state index contributed by atoms with van der Waals surface area (Å²) in [4.78, 5) is 14.1. The molecular formula is C18H18ClF3N2O2. The SMILES string of the molecule is Cl.N[C@@H]1CCN(C(=O)c2cccc(Oc3cccc(C(F)(F)F)c3)c2)C1. The molecule has 0 aromatic heterocycles. The lowest BCUT2D eigenvalue weighted by atomic mass is 10.2. The van der Waals surface area contributed by atoms with Gasteiger partial charge in [-0.3, -0.25) is 4.79 Å². The zero-order chi connectivity index (χ0) is 18.0. The molecule has 1 atom stereocenters. The molecular weight excluding hydrogens is 369 g/mol. The number of ether oxygens (including phenoxy) is 1. The van der Waals surface area contributed by atoms with Crippen LogP contribution in [0.5, 0.6) is 11.5 Å². The van der Waals surface area contributed by atoms with Crippen molar-refractivity contribution in [3.05, 3.63) is 59.7 Å². The molecule has 2 aromatic carbocycles. The van der Waals surface area contributed by atoms with E-state index in [4.69, 9.17) is 10.5 Å². The molecule has 4 nitrogen and oxygen atoms in total. The van der Waals surface area contributed by atoms with E-state index in [0.29, 0.717) is 24.4 Å². The maximum absolute atomic E-state index is 12.8. The highest BCUT2D eigenvalue weighted by Gasteiger charge is 2.30. The van der Waals surface area contributed by atoms with Crippen LogP contribution < -0.4 is 10.5 Å². The number of hydrogen-bond donors (Lipinski definition) is 1. The molecule has 0 saturated carbocycles. The fourth-order valence-electron chi connectivity index (χ4n) is 2.72. The minimum Gasteiger partial charge on any atom is -0.457 e. The highest BCUT2D eigenvalue weighted by molar-refractivity contribution is 5.94. The van der Waals surface area contributed by atoms with Crippen molar-refractivity contribution in [2.75, 3.05) is 13.1 Å². The van der Waals surface area contributed by atoms with Gasteiger partial charge >= 0.3 is 6.18 Å². The summed E-state index contributed by atoms with van der Waals surface area (Å²) in [6.07, 6.45) is -3.68. The van der Waals surface area contributed by atoms with Crippen LogP contribution in [-0.4, -0.2) is 29.9 Å². The third kappa shape index (κ3) is 4.68. The molecule has 140 valence electrons. The predicted octanol–water partition coefficient (Wildman–Crippen LogP) is 4.09. The molecule has 3 rings (SSSR count). The van der Waals surface area contributed by atoms with Crippen LogP contribution in [0.1, 0.15) is 22.3 Å². The minimum atomic E-state index is -4.44. The van der Waals surface area contributed by atoms with E-state index in [1.807, 2.05) is 0 Å². The van der Waals surface area contributed by atoms with Crippen LogP contribution in [-0.2, 0) is 6.18 Å². The maximum Gasteiger partial charge on any atom is 0.416 e. The van der Waals surface area contributed by atoms with Crippen molar-refractivity contribution in [2.45, 2.75) is 18.6 Å². The van der Waals surface area contributed by atoms with E-state index in [-0.39, 0.29) is 30.1 Å². The van der Waals surface area contributed by atoms with Gasteiger partial charge in [0.2, 0.25) is 0 Å². The Morgan fingerprint density at radius 2 is 1.77 bits per heavy atom. The van der Waals surface area contributed by atoms with Gasteiger partial charge in [0.15, 0.2) is 0 Å². The van der Waals surface area contributed by atoms with Crippen molar-refractivity contribution >= 4 is 18.3 Å². The van der Waals surface area contributed by atoms with Gasteiger partial charge in [0.1, 0.15) is 11.5 Å². The molecule has 1 fully saturated rings. The molecule has 8 heteroatoms. The molecule has 1 heterocycles. The van der Waals surface area contributed by atoms with Crippen molar-refractivity contribution in [2.24, 2.45) is 5.73 Å². The first-order chi connectivity index (χ1) is 11.8. The van der Waals surface area contributed by atoms with Crippen LogP contribution in [0, 0.1) is 0 Å². The van der Waals surface area contributed by atoms with E-state index in [1.54, 1.807) is 23.1 Å². The summed E-state index contributed by atoms with van der Waals surface area (Å²) >= 11 is 0. The first-order valence-electron chi connectivity index (χ1n) is 7.83. The van der Waals surface area contributed by atoms with Gasteiger partial charge in [0, 0.05) is 24.7 Å². The van der Waals surface area contributed by atoms with E-state index >= 15 is 0 Å². The number of hydrogen-bond acceptors (Lipinski definition) is 3. The van der Waals surface area contributed by atoms with Crippen LogP contribution in [0.4, 0.5) is 13.2 Å². The number of halogens is 4. The van der Waals surface area contributed by atoms with Crippen molar-refractivity contribution in [1.29, 1.82) is 0 Å². The number of nitrogens with zero attached hydrogens (tertiary/aromatic N) is 1. The molecule has 1 amide bonds. The molecule has 0 bridgehead atoms. The molecule has 0 aliphatic carbocycles. The summed E-state index contributed by atoms with van der Waals surface area (Å²) in [5, 5.41) is 0. The highest BCUT2D eigenvalue weighted by Crippen LogP contribution is 2.32. The maximum atomic E-state index is 12.8. The zero-order valence-electron chi connectivity index (χ0n) is 13.7. The van der Waals surface area contributed by atoms with Gasteiger partial charge in [0.05, 0.1) is 5.56 Å². The Morgan fingerprint density at radius 1 is 1.12 bits per heavy atom. The second kappa shape index (κ2) is 7.97. The van der Waals surface area contributed by atoms with Crippen molar-refractivity contribution in [3.8, 4) is 11.5 Å². The van der Waals surface area contributed by atoms with Crippen molar-refractivity contribution in [3.63, 3.8) is 0 Å². The van der Waals surface area contributed by atoms with E-state index in [9.17, 15) is 18.0 Å². The fraction of sp³-hybridized carbons (Fsp3) is 0.278. The number of alkyl halides is 3. The average Bonchev–Trinajstić information content (AvgIpc) is 3.00. The Balaban J connectivity index is 0.00000243. The van der Waals surface area contributed by atoms with Crippen molar-refractivity contribution < 1.29 is 22.7 Å². The molecule has 26 heavy (non-hydrogen) atoms. The van der Waals surface area contributed by atoms with E-state index in [2.05, 4.69) is 0 Å². The lowest BCUT2D eigenvalue weighted by Gasteiger charge is -2.16. The van der Waals surface area contributed by atoms with Gasteiger partial charge < -0.3 is 15.4 Å². The summed E-state index contributed by atoms with van der Waals surface area (Å²) in [5.74, 6) is 0.193. The van der Waals surface area contributed by atoms with Crippen LogP contribution in [0.15, 0.2) is 48.5 Å². The van der Waals surface area contributed by atoms with E-state index < -0.39 is 11.7 Å². The normalized spacial score (nSPS) is 16.9. The van der Waals surface area contributed by atoms with Crippen LogP contribution >= 0.6 is 12.4 Å². The van der Waals surface area contributed by atoms with E-state index in [0.717, 1.165) is 18.6 Å². The summed E-state index contributed by atoms with van der Waals surface area (Å²) in [6.45, 7) is 1.09. The van der Waals surface area contributed by atoms with Gasteiger partial charge in [0.25, 0.3) is 5.91 Å². The largest absolute Gasteiger partial charge is 0.457 e. The summed E-state index contributed by atoms with van der Waals surface area (Å²) in [5.41, 5.74) is 5.44. The van der Waals surface area contributed by atoms with Crippen LogP contribution in [0.3, 0.4) is 0 Å². The Bertz CT molecular complexity index is 783. The summed E-state index contributed by atoms with van der Waals surface area (Å²) in [7, 11) is 0. The zero-order valence-corrected chi connectivity index (χ0v) is 14.5. The standard InChI is InChI=1S/C18H17F3N2O2.ClH/c19-18(20,21)13-4-2-6-16(10-13)25-15-5-1-3-12(9-15)17(24)23-8-7-14(22)11-23;/h1-6,9-10,14H,7-8,11,22H2;1H/t14-;/m1./s1. The number of amides is 1. The summed E-state index contributed by atoms with van der Waals surface area (Å²) in [6, 6.07) is 11.0. The smallest absolute Gasteiger partial charge is 0.416 e. The molecule has 2 N–H and O–H groups in total. The monoisotopic (exact) mass is 386 g/mol. The predicted molar refractivity (Wildman–Crippen MR) is 93.7 cm³/mol. The third-order valence-corrected chi connectivity index (χ3v) is 3.99. The lowest BCUT2D eigenvalue weighted by molar-refractivity contribution is -0.137. The Labute approximate surface area is 155 Å². The van der Waals surface area contributed by atoms with Gasteiger partial charge in [-0.25, -0.2) is 0 Å². The Hall–Kier alpha value is -2.25. The number of likely N-dealkylation sites (tertiary alicyclic amines) is 1. The number of carbonyl (C=O) groups is 1. The highest BCUT2D eigenvalue weighted by atomic mass is 35.5. The van der Waals surface area contributed by atoms with Gasteiger partial charge in [-0.2, -0.15) is 13.2 Å². The van der Waals surface area contributed by atoms with Gasteiger partial charge in [-0.15, -0.1) is 12.4 Å². The molecule has 0 radical (unpaired) electrons. The van der Waals surface area contributed by atoms with Crippen LogP contribution in [0.2, 0.25) is 0 Å². The second-order valence-corrected chi connectivity index (χ2v) is 5.96. The van der Waals surface area contributed by atoms with Crippen molar-refractivity contribution in [1.82, 2.24) is 4.90 Å². The first-order valence-corrected chi connectivity index (χ1v) is 7.83. The third-order valence-electron chi connectivity index (χ3n) is 3.99. The van der Waals surface area contributed by atoms with Gasteiger partial charge in [-0.05, 0) is 42.8 Å². The van der Waals surface area contributed by atoms with Gasteiger partial charge in [-0.1, -0.05) is 12.1 Å². The Morgan fingerprint density at radius 3 is 2.38 bits per heavy atom.